The largest absolute Gasteiger partial charge is 0.484 e. The van der Waals surface area contributed by atoms with Crippen LogP contribution in [-0.2, 0) is 4.79 Å². The molecule has 2 aliphatic rings. The number of hydrogen-bond donors (Lipinski definition) is 1. The Morgan fingerprint density at radius 2 is 2.15 bits per heavy atom. The van der Waals surface area contributed by atoms with Gasteiger partial charge < -0.3 is 9.84 Å². The first-order valence-corrected chi connectivity index (χ1v) is 9.03. The molecule has 1 fully saturated rings. The van der Waals surface area contributed by atoms with Gasteiger partial charge in [-0.15, -0.1) is 0 Å². The second-order valence-corrected chi connectivity index (χ2v) is 7.45. The molecule has 0 bridgehead atoms. The Bertz CT molecular complexity index is 784. The Labute approximate surface area is 159 Å². The number of nitrogens with zero attached hydrogens (tertiary/aromatic N) is 2. The van der Waals surface area contributed by atoms with E-state index in [1.54, 1.807) is 26.0 Å². The lowest BCUT2D eigenvalue weighted by molar-refractivity contribution is -0.317. The first kappa shape index (κ1) is 19.9. The Morgan fingerprint density at radius 1 is 1.44 bits per heavy atom. The molecule has 0 spiro atoms. The molecule has 3 rings (SSSR count). The lowest BCUT2D eigenvalue weighted by Gasteiger charge is -2.38. The standard InChI is InChI=1S/C18H20ClF3N2O3/c1-10-4-3-5-13-16(10)23-24(17(13,26)18(20,21)22)15(25)9-27-12-6-7-14(19)11(2)8-12/h6-8,10,13,26H,3-5,9H2,1-2H3/t10-,13+,17-/m1/s1. The highest BCUT2D eigenvalue weighted by molar-refractivity contribution is 6.31. The summed E-state index contributed by atoms with van der Waals surface area (Å²) in [5, 5.41) is 15.1. The van der Waals surface area contributed by atoms with Crippen molar-refractivity contribution in [3.8, 4) is 5.75 Å². The van der Waals surface area contributed by atoms with E-state index in [-0.39, 0.29) is 23.1 Å². The number of benzene rings is 1. The summed E-state index contributed by atoms with van der Waals surface area (Å²) in [6, 6.07) is 4.65. The summed E-state index contributed by atoms with van der Waals surface area (Å²) in [6.45, 7) is 2.80. The summed E-state index contributed by atoms with van der Waals surface area (Å²) in [5.74, 6) is -2.24. The number of hydrogen-bond acceptors (Lipinski definition) is 4. The van der Waals surface area contributed by atoms with Crippen LogP contribution in [0.1, 0.15) is 31.7 Å². The Balaban J connectivity index is 1.83. The Kier molecular flexibility index (Phi) is 5.16. The first-order chi connectivity index (χ1) is 12.6. The van der Waals surface area contributed by atoms with Crippen LogP contribution in [0.2, 0.25) is 5.02 Å². The number of alkyl halides is 3. The van der Waals surface area contributed by atoms with Crippen molar-refractivity contribution >= 4 is 23.2 Å². The van der Waals surface area contributed by atoms with Gasteiger partial charge >= 0.3 is 6.18 Å². The van der Waals surface area contributed by atoms with Crippen LogP contribution in [0.5, 0.6) is 5.75 Å². The van der Waals surface area contributed by atoms with Gasteiger partial charge in [0.05, 0.1) is 5.92 Å². The van der Waals surface area contributed by atoms with Gasteiger partial charge in [0.2, 0.25) is 0 Å². The molecule has 1 saturated carbocycles. The summed E-state index contributed by atoms with van der Waals surface area (Å²) in [5.41, 5.74) is -2.42. The van der Waals surface area contributed by atoms with E-state index in [1.807, 2.05) is 0 Å². The van der Waals surface area contributed by atoms with Crippen LogP contribution in [0.4, 0.5) is 13.2 Å². The zero-order chi connectivity index (χ0) is 20.0. The van der Waals surface area contributed by atoms with E-state index in [4.69, 9.17) is 16.3 Å². The fraction of sp³-hybridized carbons (Fsp3) is 0.556. The van der Waals surface area contributed by atoms with Gasteiger partial charge in [0, 0.05) is 10.7 Å². The van der Waals surface area contributed by atoms with Gasteiger partial charge in [0.25, 0.3) is 11.6 Å². The summed E-state index contributed by atoms with van der Waals surface area (Å²) in [4.78, 5) is 12.5. The smallest absolute Gasteiger partial charge is 0.439 e. The highest BCUT2D eigenvalue weighted by atomic mass is 35.5. The second kappa shape index (κ2) is 6.98. The SMILES string of the molecule is Cc1cc(OCC(=O)N2N=C3[C@H](C)CCC[C@@H]3[C@@]2(O)C(F)(F)F)ccc1Cl. The maximum atomic E-state index is 13.7. The number of fused-ring (bicyclic) bond motifs is 1. The van der Waals surface area contributed by atoms with E-state index >= 15 is 0 Å². The number of carbonyl (C=O) groups excluding carboxylic acids is 1. The highest BCUT2D eigenvalue weighted by Gasteiger charge is 2.69. The molecule has 3 atom stereocenters. The van der Waals surface area contributed by atoms with Crippen molar-refractivity contribution in [2.24, 2.45) is 16.9 Å². The molecule has 1 aliphatic heterocycles. The lowest BCUT2D eigenvalue weighted by Crippen LogP contribution is -2.62. The minimum atomic E-state index is -5.04. The average molecular weight is 405 g/mol. The van der Waals surface area contributed by atoms with Crippen molar-refractivity contribution in [3.05, 3.63) is 28.8 Å². The van der Waals surface area contributed by atoms with Crippen LogP contribution < -0.4 is 4.74 Å². The molecule has 0 radical (unpaired) electrons. The van der Waals surface area contributed by atoms with E-state index in [9.17, 15) is 23.1 Å². The molecule has 1 N–H and O–H groups in total. The van der Waals surface area contributed by atoms with Crippen molar-refractivity contribution in [2.75, 3.05) is 6.61 Å². The summed E-state index contributed by atoms with van der Waals surface area (Å²) in [7, 11) is 0. The van der Waals surface area contributed by atoms with Crippen molar-refractivity contribution in [2.45, 2.75) is 45.0 Å². The van der Waals surface area contributed by atoms with Crippen LogP contribution in [-0.4, -0.2) is 40.2 Å². The summed E-state index contributed by atoms with van der Waals surface area (Å²) < 4.78 is 46.5. The fourth-order valence-corrected chi connectivity index (χ4v) is 3.78. The molecule has 0 aromatic heterocycles. The average Bonchev–Trinajstić information content (AvgIpc) is 2.91. The van der Waals surface area contributed by atoms with Gasteiger partial charge in [-0.1, -0.05) is 24.9 Å². The van der Waals surface area contributed by atoms with E-state index in [0.29, 0.717) is 29.2 Å². The van der Waals surface area contributed by atoms with Crippen LogP contribution in [0.25, 0.3) is 0 Å². The Morgan fingerprint density at radius 3 is 2.78 bits per heavy atom. The van der Waals surface area contributed by atoms with E-state index < -0.39 is 30.3 Å². The second-order valence-electron chi connectivity index (χ2n) is 7.04. The van der Waals surface area contributed by atoms with Gasteiger partial charge in [-0.25, -0.2) is 0 Å². The van der Waals surface area contributed by atoms with Crippen LogP contribution in [0.15, 0.2) is 23.3 Å². The van der Waals surface area contributed by atoms with Gasteiger partial charge in [-0.2, -0.15) is 23.3 Å². The highest BCUT2D eigenvalue weighted by Crippen LogP contribution is 2.49. The predicted molar refractivity (Wildman–Crippen MR) is 93.5 cm³/mol. The number of carbonyl (C=O) groups is 1. The molecule has 1 aromatic carbocycles. The van der Waals surface area contributed by atoms with Crippen molar-refractivity contribution < 1.29 is 27.8 Å². The normalized spacial score (nSPS) is 28.0. The minimum Gasteiger partial charge on any atom is -0.484 e. The van der Waals surface area contributed by atoms with Crippen LogP contribution in [0.3, 0.4) is 0 Å². The van der Waals surface area contributed by atoms with E-state index in [0.717, 1.165) is 0 Å². The molecule has 1 aliphatic carbocycles. The van der Waals surface area contributed by atoms with Crippen LogP contribution in [0, 0.1) is 18.8 Å². The van der Waals surface area contributed by atoms with Crippen molar-refractivity contribution in [3.63, 3.8) is 0 Å². The van der Waals surface area contributed by atoms with E-state index in [2.05, 4.69) is 5.10 Å². The number of hydrazone groups is 1. The topological polar surface area (TPSA) is 62.1 Å². The zero-order valence-corrected chi connectivity index (χ0v) is 15.6. The monoisotopic (exact) mass is 404 g/mol. The third-order valence-electron chi connectivity index (χ3n) is 5.16. The van der Waals surface area contributed by atoms with Gasteiger partial charge in [-0.05, 0) is 49.4 Å². The van der Waals surface area contributed by atoms with Gasteiger partial charge in [0.15, 0.2) is 6.61 Å². The zero-order valence-electron chi connectivity index (χ0n) is 14.9. The maximum Gasteiger partial charge on any atom is 0.439 e. The summed E-state index contributed by atoms with van der Waals surface area (Å²) >= 11 is 5.91. The number of halogens is 4. The molecule has 1 heterocycles. The molecule has 148 valence electrons. The summed E-state index contributed by atoms with van der Waals surface area (Å²) in [6.07, 6.45) is -3.70. The van der Waals surface area contributed by atoms with Gasteiger partial charge in [0.1, 0.15) is 5.75 Å². The quantitative estimate of drug-likeness (QED) is 0.830. The van der Waals surface area contributed by atoms with Crippen molar-refractivity contribution in [1.82, 2.24) is 5.01 Å². The molecule has 9 heteroatoms. The molecule has 5 nitrogen and oxygen atoms in total. The predicted octanol–water partition coefficient (Wildman–Crippen LogP) is 3.91. The molecule has 0 unspecified atom stereocenters. The molecule has 1 aromatic rings. The third kappa shape index (κ3) is 3.40. The fourth-order valence-electron chi connectivity index (χ4n) is 3.66. The number of ether oxygens (including phenoxy) is 1. The maximum absolute atomic E-state index is 13.7. The Hall–Kier alpha value is -1.80. The number of amides is 1. The molecule has 1 amide bonds. The van der Waals surface area contributed by atoms with Crippen molar-refractivity contribution in [1.29, 1.82) is 0 Å². The lowest BCUT2D eigenvalue weighted by atomic mass is 9.75. The number of aryl methyl sites for hydroxylation is 1. The minimum absolute atomic E-state index is 0.125. The molecular formula is C18H20ClF3N2O3. The van der Waals surface area contributed by atoms with Gasteiger partial charge in [-0.3, -0.25) is 4.79 Å². The third-order valence-corrected chi connectivity index (χ3v) is 5.59. The first-order valence-electron chi connectivity index (χ1n) is 8.65. The van der Waals surface area contributed by atoms with Crippen LogP contribution >= 0.6 is 11.6 Å². The van der Waals surface area contributed by atoms with E-state index in [1.165, 1.54) is 6.07 Å². The molecular weight excluding hydrogens is 385 g/mol. The number of aliphatic hydroxyl groups is 1. The number of rotatable bonds is 3. The molecule has 27 heavy (non-hydrogen) atoms. The molecule has 0 saturated heterocycles.